The van der Waals surface area contributed by atoms with Crippen LogP contribution in [0.3, 0.4) is 0 Å². The van der Waals surface area contributed by atoms with Gasteiger partial charge in [-0.1, -0.05) is 42.5 Å². The van der Waals surface area contributed by atoms with Crippen LogP contribution in [0.2, 0.25) is 5.02 Å². The molecule has 0 unspecified atom stereocenters. The maximum atomic E-state index is 12.4. The molecule has 0 bridgehead atoms. The molecule has 2 aromatic carbocycles. The zero-order chi connectivity index (χ0) is 22.4. The van der Waals surface area contributed by atoms with Gasteiger partial charge in [-0.2, -0.15) is 5.26 Å². The van der Waals surface area contributed by atoms with Crippen LogP contribution >= 0.6 is 23.4 Å². The minimum atomic E-state index is -4.73. The molecule has 3 rings (SSSR count). The van der Waals surface area contributed by atoms with Gasteiger partial charge < -0.3 is 4.74 Å². The molecule has 3 aromatic rings. The lowest BCUT2D eigenvalue weighted by Crippen LogP contribution is -2.17. The van der Waals surface area contributed by atoms with Crippen molar-refractivity contribution in [3.05, 3.63) is 76.4 Å². The molecule has 0 amide bonds. The van der Waals surface area contributed by atoms with Gasteiger partial charge in [0.2, 0.25) is 0 Å². The van der Waals surface area contributed by atoms with Gasteiger partial charge in [0.25, 0.3) is 0 Å². The summed E-state index contributed by atoms with van der Waals surface area (Å²) in [6.45, 7) is 1.84. The second-order valence-electron chi connectivity index (χ2n) is 6.24. The first-order valence-corrected chi connectivity index (χ1v) is 10.2. The fraction of sp³-hybridized carbons (Fsp3) is 0.130. The molecular weight excluding hydrogens is 445 g/mol. The highest BCUT2D eigenvalue weighted by Gasteiger charge is 2.31. The maximum absolute atomic E-state index is 12.4. The zero-order valence-corrected chi connectivity index (χ0v) is 17.7. The van der Waals surface area contributed by atoms with Crippen molar-refractivity contribution in [2.75, 3.05) is 0 Å². The second kappa shape index (κ2) is 9.78. The van der Waals surface area contributed by atoms with E-state index >= 15 is 0 Å². The van der Waals surface area contributed by atoms with Crippen molar-refractivity contribution in [3.63, 3.8) is 0 Å². The van der Waals surface area contributed by atoms with Crippen LogP contribution in [0.15, 0.2) is 59.6 Å². The van der Waals surface area contributed by atoms with Gasteiger partial charge in [-0.05, 0) is 60.1 Å². The zero-order valence-electron chi connectivity index (χ0n) is 16.1. The van der Waals surface area contributed by atoms with Gasteiger partial charge >= 0.3 is 6.36 Å². The Morgan fingerprint density at radius 2 is 1.84 bits per heavy atom. The molecule has 0 spiro atoms. The first-order valence-electron chi connectivity index (χ1n) is 9.01. The van der Waals surface area contributed by atoms with Crippen LogP contribution in [0.5, 0.6) is 5.75 Å². The van der Waals surface area contributed by atoms with E-state index in [1.165, 1.54) is 18.2 Å². The van der Waals surface area contributed by atoms with E-state index in [0.717, 1.165) is 22.9 Å². The molecule has 156 valence electrons. The van der Waals surface area contributed by atoms with E-state index in [4.69, 9.17) is 16.9 Å². The minimum absolute atomic E-state index is 0.261. The molecule has 0 saturated heterocycles. The molecule has 31 heavy (non-hydrogen) atoms. The number of pyridine rings is 1. The van der Waals surface area contributed by atoms with Crippen molar-refractivity contribution >= 4 is 23.4 Å². The molecular formula is C23H14ClF3N2OS. The summed E-state index contributed by atoms with van der Waals surface area (Å²) in [5.74, 6) is 5.76. The van der Waals surface area contributed by atoms with E-state index in [0.29, 0.717) is 33.2 Å². The highest BCUT2D eigenvalue weighted by atomic mass is 35.5. The van der Waals surface area contributed by atoms with Crippen LogP contribution in [0.25, 0.3) is 11.3 Å². The summed E-state index contributed by atoms with van der Waals surface area (Å²) in [4.78, 5) is 4.98. The molecule has 1 aromatic heterocycles. The van der Waals surface area contributed by atoms with Crippen molar-refractivity contribution in [3.8, 4) is 34.2 Å². The number of alkyl halides is 3. The normalized spacial score (nSPS) is 10.7. The van der Waals surface area contributed by atoms with Crippen LogP contribution in [-0.2, 0) is 6.42 Å². The number of aromatic nitrogens is 1. The SMILES string of the molecule is CCc1cc(OC(F)(F)F)ccc1C#Cc1ccc(-c2ncc(SC#N)cc2Cl)cc1. The second-order valence-corrected chi connectivity index (χ2v) is 7.51. The molecule has 0 aliphatic rings. The number of thioether (sulfide) groups is 1. The molecule has 0 saturated carbocycles. The van der Waals surface area contributed by atoms with Gasteiger partial charge in [-0.15, -0.1) is 13.2 Å². The maximum Gasteiger partial charge on any atom is 0.573 e. The lowest BCUT2D eigenvalue weighted by Gasteiger charge is -2.10. The third-order valence-corrected chi connectivity index (χ3v) is 5.01. The first-order chi connectivity index (χ1) is 14.8. The summed E-state index contributed by atoms with van der Waals surface area (Å²) >= 11 is 7.26. The standard InChI is InChI=1S/C23H14ClF3N2OS/c1-2-16-11-19(30-23(25,26)27)10-9-17(16)6-3-15-4-7-18(8-5-15)22-21(24)12-20(13-29-22)31-14-28/h4-5,7-13H,2H2,1H3. The number of hydrogen-bond acceptors (Lipinski definition) is 4. The monoisotopic (exact) mass is 458 g/mol. The Kier molecular flexibility index (Phi) is 7.12. The number of nitrogens with zero attached hydrogens (tertiary/aromatic N) is 2. The molecule has 0 N–H and O–H groups in total. The fourth-order valence-electron chi connectivity index (χ4n) is 2.77. The minimum Gasteiger partial charge on any atom is -0.406 e. The predicted octanol–water partition coefficient (Wildman–Crippen LogP) is 6.84. The summed E-state index contributed by atoms with van der Waals surface area (Å²) in [6, 6.07) is 13.1. The molecule has 0 fully saturated rings. The van der Waals surface area contributed by atoms with E-state index < -0.39 is 6.36 Å². The predicted molar refractivity (Wildman–Crippen MR) is 115 cm³/mol. The molecule has 0 aliphatic carbocycles. The molecule has 1 heterocycles. The molecule has 0 atom stereocenters. The third-order valence-electron chi connectivity index (χ3n) is 4.17. The number of ether oxygens (including phenoxy) is 1. The van der Waals surface area contributed by atoms with E-state index in [1.54, 1.807) is 12.3 Å². The van der Waals surface area contributed by atoms with Crippen molar-refractivity contribution in [1.29, 1.82) is 5.26 Å². The van der Waals surface area contributed by atoms with Crippen molar-refractivity contribution < 1.29 is 17.9 Å². The van der Waals surface area contributed by atoms with Crippen molar-refractivity contribution in [2.45, 2.75) is 24.6 Å². The number of nitriles is 1. The number of thiocyanates is 1. The van der Waals surface area contributed by atoms with Gasteiger partial charge in [-0.25, -0.2) is 0 Å². The largest absolute Gasteiger partial charge is 0.573 e. The lowest BCUT2D eigenvalue weighted by atomic mass is 10.0. The Hall–Kier alpha value is -3.13. The van der Waals surface area contributed by atoms with Gasteiger partial charge in [0.1, 0.15) is 11.2 Å². The fourth-order valence-corrected chi connectivity index (χ4v) is 3.50. The highest BCUT2D eigenvalue weighted by Crippen LogP contribution is 2.29. The molecule has 3 nitrogen and oxygen atoms in total. The summed E-state index contributed by atoms with van der Waals surface area (Å²) in [7, 11) is 0. The topological polar surface area (TPSA) is 45.9 Å². The summed E-state index contributed by atoms with van der Waals surface area (Å²) in [5, 5.41) is 11.1. The third kappa shape index (κ3) is 6.18. The van der Waals surface area contributed by atoms with E-state index in [1.807, 2.05) is 36.6 Å². The van der Waals surface area contributed by atoms with Crippen molar-refractivity contribution in [1.82, 2.24) is 4.98 Å². The van der Waals surface area contributed by atoms with E-state index in [9.17, 15) is 13.2 Å². The van der Waals surface area contributed by atoms with Gasteiger partial charge in [0.05, 0.1) is 10.7 Å². The Morgan fingerprint density at radius 3 is 2.45 bits per heavy atom. The molecule has 8 heteroatoms. The Morgan fingerprint density at radius 1 is 1.10 bits per heavy atom. The molecule has 0 aliphatic heterocycles. The average molecular weight is 459 g/mol. The number of benzene rings is 2. The quantitative estimate of drug-likeness (QED) is 0.244. The number of rotatable bonds is 4. The Balaban J connectivity index is 1.81. The summed E-state index contributed by atoms with van der Waals surface area (Å²) < 4.78 is 41.2. The summed E-state index contributed by atoms with van der Waals surface area (Å²) in [5.41, 5.74) is 3.42. The first kappa shape index (κ1) is 22.6. The smallest absolute Gasteiger partial charge is 0.406 e. The highest BCUT2D eigenvalue weighted by molar-refractivity contribution is 8.03. The number of halogens is 4. The average Bonchev–Trinajstić information content (AvgIpc) is 2.72. The molecule has 0 radical (unpaired) electrons. The van der Waals surface area contributed by atoms with Crippen LogP contribution in [0, 0.1) is 22.5 Å². The lowest BCUT2D eigenvalue weighted by molar-refractivity contribution is -0.274. The van der Waals surface area contributed by atoms with Crippen LogP contribution < -0.4 is 4.74 Å². The number of aryl methyl sites for hydroxylation is 1. The van der Waals surface area contributed by atoms with Gasteiger partial charge in [0, 0.05) is 27.8 Å². The van der Waals surface area contributed by atoms with Crippen LogP contribution in [-0.4, -0.2) is 11.3 Å². The summed E-state index contributed by atoms with van der Waals surface area (Å²) in [6.07, 6.45) is -2.63. The van der Waals surface area contributed by atoms with Gasteiger partial charge in [0.15, 0.2) is 0 Å². The van der Waals surface area contributed by atoms with Crippen LogP contribution in [0.1, 0.15) is 23.6 Å². The Bertz CT molecular complexity index is 1190. The van der Waals surface area contributed by atoms with Gasteiger partial charge in [-0.3, -0.25) is 4.98 Å². The van der Waals surface area contributed by atoms with E-state index in [-0.39, 0.29) is 5.75 Å². The van der Waals surface area contributed by atoms with Crippen molar-refractivity contribution in [2.24, 2.45) is 0 Å². The van der Waals surface area contributed by atoms with Crippen LogP contribution in [0.4, 0.5) is 13.2 Å². The Labute approximate surface area is 186 Å². The van der Waals surface area contributed by atoms with E-state index in [2.05, 4.69) is 21.6 Å². The number of hydrogen-bond donors (Lipinski definition) is 0.